The lowest BCUT2D eigenvalue weighted by Crippen LogP contribution is -2.27. The highest BCUT2D eigenvalue weighted by molar-refractivity contribution is 4.80. The van der Waals surface area contributed by atoms with Crippen molar-refractivity contribution < 1.29 is 5.11 Å². The summed E-state index contributed by atoms with van der Waals surface area (Å²) >= 11 is 0. The first-order chi connectivity index (χ1) is 7.77. The number of rotatable bonds is 7. The third-order valence-corrected chi connectivity index (χ3v) is 4.03. The van der Waals surface area contributed by atoms with Crippen molar-refractivity contribution in [3.05, 3.63) is 0 Å². The van der Waals surface area contributed by atoms with Crippen LogP contribution in [0.15, 0.2) is 0 Å². The van der Waals surface area contributed by atoms with Gasteiger partial charge in [-0.15, -0.1) is 0 Å². The summed E-state index contributed by atoms with van der Waals surface area (Å²) in [5.74, 6) is 0. The Hall–Kier alpha value is -0.0400. The van der Waals surface area contributed by atoms with Crippen molar-refractivity contribution in [2.45, 2.75) is 96.0 Å². The minimum atomic E-state index is -0.290. The molecule has 0 atom stereocenters. The molecule has 1 N–H and O–H groups in total. The van der Waals surface area contributed by atoms with Crippen molar-refractivity contribution in [2.75, 3.05) is 0 Å². The van der Waals surface area contributed by atoms with Crippen LogP contribution in [0.5, 0.6) is 0 Å². The summed E-state index contributed by atoms with van der Waals surface area (Å²) in [7, 11) is 0. The smallest absolute Gasteiger partial charge is 0.0647 e. The SMILES string of the molecule is CCCCCCCCC1(O)CCCCCC1. The van der Waals surface area contributed by atoms with E-state index in [0.29, 0.717) is 0 Å². The van der Waals surface area contributed by atoms with Gasteiger partial charge in [0.2, 0.25) is 0 Å². The first-order valence-electron chi connectivity index (χ1n) is 7.49. The molecule has 0 heterocycles. The molecule has 1 aliphatic rings. The van der Waals surface area contributed by atoms with Crippen LogP contribution < -0.4 is 0 Å². The molecular weight excluding hydrogens is 196 g/mol. The van der Waals surface area contributed by atoms with E-state index in [1.54, 1.807) is 0 Å². The van der Waals surface area contributed by atoms with Gasteiger partial charge in [-0.3, -0.25) is 0 Å². The normalized spacial score (nSPS) is 20.6. The molecule has 16 heavy (non-hydrogen) atoms. The summed E-state index contributed by atoms with van der Waals surface area (Å²) in [5.41, 5.74) is -0.290. The van der Waals surface area contributed by atoms with Crippen molar-refractivity contribution in [3.8, 4) is 0 Å². The summed E-state index contributed by atoms with van der Waals surface area (Å²) in [4.78, 5) is 0. The van der Waals surface area contributed by atoms with E-state index in [4.69, 9.17) is 0 Å². The lowest BCUT2D eigenvalue weighted by atomic mass is 9.88. The van der Waals surface area contributed by atoms with E-state index in [0.717, 1.165) is 19.3 Å². The van der Waals surface area contributed by atoms with Gasteiger partial charge in [-0.1, -0.05) is 71.1 Å². The van der Waals surface area contributed by atoms with Crippen LogP contribution in [-0.2, 0) is 0 Å². The fourth-order valence-electron chi connectivity index (χ4n) is 2.87. The molecule has 1 saturated carbocycles. The Morgan fingerprint density at radius 2 is 1.38 bits per heavy atom. The molecule has 0 aromatic carbocycles. The fraction of sp³-hybridized carbons (Fsp3) is 1.00. The molecule has 96 valence electrons. The maximum atomic E-state index is 10.5. The summed E-state index contributed by atoms with van der Waals surface area (Å²) < 4.78 is 0. The molecule has 0 amide bonds. The molecule has 0 aliphatic heterocycles. The molecule has 0 spiro atoms. The standard InChI is InChI=1S/C15H30O/c1-2-3-4-5-6-9-12-15(16)13-10-7-8-11-14-15/h16H,2-14H2,1H3. The third kappa shape index (κ3) is 5.89. The monoisotopic (exact) mass is 226 g/mol. The first-order valence-corrected chi connectivity index (χ1v) is 7.49. The zero-order valence-electron chi connectivity index (χ0n) is 11.1. The predicted molar refractivity (Wildman–Crippen MR) is 70.6 cm³/mol. The second-order valence-electron chi connectivity index (χ2n) is 5.66. The van der Waals surface area contributed by atoms with Gasteiger partial charge >= 0.3 is 0 Å². The van der Waals surface area contributed by atoms with Crippen molar-refractivity contribution in [2.24, 2.45) is 0 Å². The molecule has 1 aliphatic carbocycles. The van der Waals surface area contributed by atoms with Gasteiger partial charge in [0.15, 0.2) is 0 Å². The quantitative estimate of drug-likeness (QED) is 0.487. The highest BCUT2D eigenvalue weighted by atomic mass is 16.3. The van der Waals surface area contributed by atoms with E-state index in [1.165, 1.54) is 64.2 Å². The van der Waals surface area contributed by atoms with Crippen molar-refractivity contribution in [1.29, 1.82) is 0 Å². The molecule has 0 radical (unpaired) electrons. The molecule has 0 aromatic heterocycles. The van der Waals surface area contributed by atoms with Crippen LogP contribution in [0.1, 0.15) is 90.4 Å². The van der Waals surface area contributed by atoms with E-state index in [-0.39, 0.29) is 5.60 Å². The van der Waals surface area contributed by atoms with Gasteiger partial charge in [-0.05, 0) is 19.3 Å². The van der Waals surface area contributed by atoms with Gasteiger partial charge in [0, 0.05) is 0 Å². The van der Waals surface area contributed by atoms with Crippen molar-refractivity contribution in [1.82, 2.24) is 0 Å². The Bertz CT molecular complexity index is 157. The van der Waals surface area contributed by atoms with Gasteiger partial charge < -0.3 is 5.11 Å². The van der Waals surface area contributed by atoms with Gasteiger partial charge in [-0.2, -0.15) is 0 Å². The first kappa shape index (κ1) is 14.0. The summed E-state index contributed by atoms with van der Waals surface area (Å²) in [6, 6.07) is 0. The van der Waals surface area contributed by atoms with Gasteiger partial charge in [0.25, 0.3) is 0 Å². The Morgan fingerprint density at radius 1 is 0.812 bits per heavy atom. The highest BCUT2D eigenvalue weighted by Crippen LogP contribution is 2.31. The zero-order valence-corrected chi connectivity index (χ0v) is 11.1. The average molecular weight is 226 g/mol. The Labute approximate surface area is 102 Å². The molecule has 1 rings (SSSR count). The minimum absolute atomic E-state index is 0.290. The number of aliphatic hydroxyl groups is 1. The van der Waals surface area contributed by atoms with E-state index < -0.39 is 0 Å². The second-order valence-corrected chi connectivity index (χ2v) is 5.66. The Balaban J connectivity index is 2.05. The maximum Gasteiger partial charge on any atom is 0.0647 e. The van der Waals surface area contributed by atoms with E-state index in [9.17, 15) is 5.11 Å². The van der Waals surface area contributed by atoms with Crippen LogP contribution in [0.2, 0.25) is 0 Å². The van der Waals surface area contributed by atoms with Gasteiger partial charge in [-0.25, -0.2) is 0 Å². The summed E-state index contributed by atoms with van der Waals surface area (Å²) in [6.45, 7) is 2.26. The molecule has 0 unspecified atom stereocenters. The minimum Gasteiger partial charge on any atom is -0.390 e. The van der Waals surface area contributed by atoms with Crippen LogP contribution in [0, 0.1) is 0 Å². The van der Waals surface area contributed by atoms with Gasteiger partial charge in [0.1, 0.15) is 0 Å². The van der Waals surface area contributed by atoms with Crippen LogP contribution in [0.4, 0.5) is 0 Å². The predicted octanol–water partition coefficient (Wildman–Crippen LogP) is 4.82. The zero-order chi connectivity index (χ0) is 11.7. The molecule has 1 fully saturated rings. The van der Waals surface area contributed by atoms with Crippen molar-refractivity contribution in [3.63, 3.8) is 0 Å². The lowest BCUT2D eigenvalue weighted by molar-refractivity contribution is 0.0140. The van der Waals surface area contributed by atoms with Crippen LogP contribution in [0.3, 0.4) is 0 Å². The molecule has 1 nitrogen and oxygen atoms in total. The molecule has 0 bridgehead atoms. The second kappa shape index (κ2) is 8.11. The lowest BCUT2D eigenvalue weighted by Gasteiger charge is -2.26. The topological polar surface area (TPSA) is 20.2 Å². The van der Waals surface area contributed by atoms with Crippen LogP contribution in [0.25, 0.3) is 0 Å². The summed E-state index contributed by atoms with van der Waals surface area (Å²) in [5, 5.41) is 10.5. The third-order valence-electron chi connectivity index (χ3n) is 4.03. The van der Waals surface area contributed by atoms with Crippen LogP contribution >= 0.6 is 0 Å². The molecule has 1 heteroatoms. The van der Waals surface area contributed by atoms with E-state index >= 15 is 0 Å². The van der Waals surface area contributed by atoms with Gasteiger partial charge in [0.05, 0.1) is 5.60 Å². The largest absolute Gasteiger partial charge is 0.390 e. The Kier molecular flexibility index (Phi) is 7.11. The highest BCUT2D eigenvalue weighted by Gasteiger charge is 2.26. The maximum absolute atomic E-state index is 10.5. The van der Waals surface area contributed by atoms with E-state index in [1.807, 2.05) is 0 Å². The Morgan fingerprint density at radius 3 is 2.00 bits per heavy atom. The number of hydrogen-bond acceptors (Lipinski definition) is 1. The van der Waals surface area contributed by atoms with E-state index in [2.05, 4.69) is 6.92 Å². The van der Waals surface area contributed by atoms with Crippen LogP contribution in [-0.4, -0.2) is 10.7 Å². The molecule has 0 aromatic rings. The molecule has 0 saturated heterocycles. The average Bonchev–Trinajstić information content (AvgIpc) is 2.49. The van der Waals surface area contributed by atoms with Crippen molar-refractivity contribution >= 4 is 0 Å². The fourth-order valence-corrected chi connectivity index (χ4v) is 2.87. The molecular formula is C15H30O. The number of hydrogen-bond donors (Lipinski definition) is 1. The summed E-state index contributed by atoms with van der Waals surface area (Å²) in [6.07, 6.45) is 16.3. The number of unbranched alkanes of at least 4 members (excludes halogenated alkanes) is 5.